The molecule has 1 aliphatic rings. The Balaban J connectivity index is 1.66. The second-order valence-electron chi connectivity index (χ2n) is 6.96. The number of nitrogens with zero attached hydrogens (tertiary/aromatic N) is 1. The van der Waals surface area contributed by atoms with E-state index < -0.39 is 5.91 Å². The van der Waals surface area contributed by atoms with Crippen LogP contribution in [0.15, 0.2) is 18.2 Å². The smallest absolute Gasteiger partial charge is 0.251 e. The number of carbonyl (C=O) groups is 2. The van der Waals surface area contributed by atoms with Crippen molar-refractivity contribution in [2.75, 3.05) is 26.0 Å². The summed E-state index contributed by atoms with van der Waals surface area (Å²) in [4.78, 5) is 27.4. The first-order valence-electron chi connectivity index (χ1n) is 8.95. The molecule has 3 N–H and O–H groups in total. The van der Waals surface area contributed by atoms with Gasteiger partial charge in [-0.1, -0.05) is 17.7 Å². The van der Waals surface area contributed by atoms with E-state index in [0.717, 1.165) is 46.6 Å². The number of methoxy groups -OCH3 is 1. The number of anilines is 1. The molecular formula is C20H25N3O3S. The van der Waals surface area contributed by atoms with Crippen molar-refractivity contribution in [2.45, 2.75) is 32.7 Å². The Labute approximate surface area is 163 Å². The molecule has 1 aromatic heterocycles. The van der Waals surface area contributed by atoms with E-state index in [4.69, 9.17) is 10.5 Å². The molecule has 1 aromatic carbocycles. The minimum absolute atomic E-state index is 0.161. The van der Waals surface area contributed by atoms with E-state index in [1.807, 2.05) is 31.0 Å². The average Bonchev–Trinajstić information content (AvgIpc) is 3.14. The maximum Gasteiger partial charge on any atom is 0.251 e. The predicted octanol–water partition coefficient (Wildman–Crippen LogP) is 2.72. The summed E-state index contributed by atoms with van der Waals surface area (Å²) in [5, 5.41) is 3.47. The first kappa shape index (κ1) is 19.4. The number of ether oxygens (including phenoxy) is 1. The number of thiophene rings is 1. The molecule has 1 heterocycles. The third-order valence-electron chi connectivity index (χ3n) is 4.71. The summed E-state index contributed by atoms with van der Waals surface area (Å²) in [6.45, 7) is 2.82. The average molecular weight is 388 g/mol. The molecule has 27 heavy (non-hydrogen) atoms. The second-order valence-corrected chi connectivity index (χ2v) is 8.07. The van der Waals surface area contributed by atoms with E-state index >= 15 is 0 Å². The van der Waals surface area contributed by atoms with E-state index in [-0.39, 0.29) is 12.5 Å². The monoisotopic (exact) mass is 387 g/mol. The van der Waals surface area contributed by atoms with Crippen LogP contribution >= 0.6 is 11.3 Å². The van der Waals surface area contributed by atoms with Crippen LogP contribution in [0.25, 0.3) is 0 Å². The molecule has 2 aromatic rings. The minimum atomic E-state index is -0.470. The van der Waals surface area contributed by atoms with Crippen LogP contribution in [-0.2, 0) is 24.2 Å². The number of primary amides is 1. The van der Waals surface area contributed by atoms with Crippen molar-refractivity contribution >= 4 is 28.2 Å². The van der Waals surface area contributed by atoms with Gasteiger partial charge in [0, 0.05) is 17.0 Å². The van der Waals surface area contributed by atoms with Crippen LogP contribution in [-0.4, -0.2) is 37.4 Å². The van der Waals surface area contributed by atoms with E-state index in [9.17, 15) is 9.59 Å². The molecule has 6 nitrogen and oxygen atoms in total. The van der Waals surface area contributed by atoms with Gasteiger partial charge in [-0.3, -0.25) is 14.5 Å². The molecule has 0 spiro atoms. The summed E-state index contributed by atoms with van der Waals surface area (Å²) < 4.78 is 5.40. The Kier molecular flexibility index (Phi) is 5.82. The van der Waals surface area contributed by atoms with Crippen LogP contribution in [0.1, 0.15) is 38.3 Å². The summed E-state index contributed by atoms with van der Waals surface area (Å²) in [6, 6.07) is 5.99. The molecule has 1 aliphatic carbocycles. The lowest BCUT2D eigenvalue weighted by molar-refractivity contribution is -0.117. The number of nitrogens with two attached hydrogens (primary N) is 1. The van der Waals surface area contributed by atoms with Gasteiger partial charge in [0.25, 0.3) is 5.91 Å². The zero-order valence-corrected chi connectivity index (χ0v) is 16.7. The van der Waals surface area contributed by atoms with Crippen molar-refractivity contribution in [3.63, 3.8) is 0 Å². The third kappa shape index (κ3) is 4.31. The second kappa shape index (κ2) is 8.10. The third-order valence-corrected chi connectivity index (χ3v) is 5.92. The summed E-state index contributed by atoms with van der Waals surface area (Å²) in [7, 11) is 3.52. The first-order chi connectivity index (χ1) is 12.9. The predicted molar refractivity (Wildman–Crippen MR) is 108 cm³/mol. The van der Waals surface area contributed by atoms with E-state index in [0.29, 0.717) is 17.1 Å². The first-order valence-corrected chi connectivity index (χ1v) is 9.77. The van der Waals surface area contributed by atoms with Crippen molar-refractivity contribution in [1.29, 1.82) is 0 Å². The van der Waals surface area contributed by atoms with Gasteiger partial charge >= 0.3 is 0 Å². The van der Waals surface area contributed by atoms with Gasteiger partial charge in [-0.2, -0.15) is 0 Å². The number of hydrogen-bond donors (Lipinski definition) is 2. The number of likely N-dealkylation sites (N-methyl/N-ethyl adjacent to an activating group) is 1. The van der Waals surface area contributed by atoms with Gasteiger partial charge in [0.05, 0.1) is 19.2 Å². The van der Waals surface area contributed by atoms with Gasteiger partial charge in [0.15, 0.2) is 0 Å². The Bertz CT molecular complexity index is 876. The van der Waals surface area contributed by atoms with E-state index in [2.05, 4.69) is 11.4 Å². The van der Waals surface area contributed by atoms with Gasteiger partial charge in [0.1, 0.15) is 10.8 Å². The van der Waals surface area contributed by atoms with Crippen molar-refractivity contribution in [1.82, 2.24) is 4.90 Å². The van der Waals surface area contributed by atoms with E-state index in [1.165, 1.54) is 11.3 Å². The quantitative estimate of drug-likeness (QED) is 0.765. The molecule has 0 unspecified atom stereocenters. The standard InChI is InChI=1S/C20H25N3O3S/c1-12-7-8-15(26-3)13(9-12)10-23(2)11-17(24)22-20-18(19(21)25)14-5-4-6-16(14)27-20/h7-9H,4-6,10-11H2,1-3H3,(H2,21,25)(H,22,24). The Morgan fingerprint density at radius 1 is 1.33 bits per heavy atom. The number of aryl methyl sites for hydroxylation is 2. The Morgan fingerprint density at radius 2 is 2.11 bits per heavy atom. The lowest BCUT2D eigenvalue weighted by Gasteiger charge is -2.18. The van der Waals surface area contributed by atoms with Crippen molar-refractivity contribution in [2.24, 2.45) is 5.73 Å². The maximum absolute atomic E-state index is 12.5. The van der Waals surface area contributed by atoms with E-state index in [1.54, 1.807) is 7.11 Å². The highest BCUT2D eigenvalue weighted by atomic mass is 32.1. The van der Waals surface area contributed by atoms with Gasteiger partial charge in [-0.05, 0) is 44.9 Å². The molecule has 0 fully saturated rings. The maximum atomic E-state index is 12.5. The van der Waals surface area contributed by atoms with Crippen LogP contribution in [0.3, 0.4) is 0 Å². The highest BCUT2D eigenvalue weighted by Crippen LogP contribution is 2.38. The normalized spacial score (nSPS) is 12.9. The number of fused-ring (bicyclic) bond motifs is 1. The Hall–Kier alpha value is -2.38. The summed E-state index contributed by atoms with van der Waals surface area (Å²) in [6.07, 6.45) is 2.84. The van der Waals surface area contributed by atoms with Crippen LogP contribution in [0.5, 0.6) is 5.75 Å². The molecule has 144 valence electrons. The highest BCUT2D eigenvalue weighted by Gasteiger charge is 2.26. The fraction of sp³-hybridized carbons (Fsp3) is 0.400. The number of nitrogens with one attached hydrogen (secondary N) is 1. The molecule has 0 saturated heterocycles. The molecule has 0 atom stereocenters. The fourth-order valence-corrected chi connectivity index (χ4v) is 4.85. The SMILES string of the molecule is COc1ccc(C)cc1CN(C)CC(=O)Nc1sc2c(c1C(N)=O)CCC2. The van der Waals surface area contributed by atoms with Crippen molar-refractivity contribution in [3.8, 4) is 5.75 Å². The summed E-state index contributed by atoms with van der Waals surface area (Å²) >= 11 is 1.47. The number of carbonyl (C=O) groups excluding carboxylic acids is 2. The van der Waals surface area contributed by atoms with Crippen LogP contribution in [0.4, 0.5) is 5.00 Å². The Morgan fingerprint density at radius 3 is 2.81 bits per heavy atom. The van der Waals surface area contributed by atoms with Gasteiger partial charge in [-0.15, -0.1) is 11.3 Å². The molecule has 3 rings (SSSR count). The number of benzene rings is 1. The number of rotatable bonds is 7. The topological polar surface area (TPSA) is 84.7 Å². The largest absolute Gasteiger partial charge is 0.496 e. The zero-order valence-electron chi connectivity index (χ0n) is 15.9. The zero-order chi connectivity index (χ0) is 19.6. The molecule has 2 amide bonds. The molecule has 0 aliphatic heterocycles. The van der Waals surface area contributed by atoms with Gasteiger partial charge in [-0.25, -0.2) is 0 Å². The molecule has 0 saturated carbocycles. The van der Waals surface area contributed by atoms with Crippen LogP contribution in [0, 0.1) is 6.92 Å². The van der Waals surface area contributed by atoms with Crippen molar-refractivity contribution in [3.05, 3.63) is 45.3 Å². The molecular weight excluding hydrogens is 362 g/mol. The highest BCUT2D eigenvalue weighted by molar-refractivity contribution is 7.17. The summed E-state index contributed by atoms with van der Waals surface area (Å²) in [5.74, 6) is 0.174. The minimum Gasteiger partial charge on any atom is -0.496 e. The lowest BCUT2D eigenvalue weighted by Crippen LogP contribution is -2.30. The van der Waals surface area contributed by atoms with Crippen LogP contribution < -0.4 is 15.8 Å². The number of amides is 2. The molecule has 7 heteroatoms. The number of hydrogen-bond acceptors (Lipinski definition) is 5. The lowest BCUT2D eigenvalue weighted by atomic mass is 10.1. The summed E-state index contributed by atoms with van der Waals surface area (Å²) in [5.41, 5.74) is 9.22. The van der Waals surface area contributed by atoms with Crippen molar-refractivity contribution < 1.29 is 14.3 Å². The van der Waals surface area contributed by atoms with Crippen LogP contribution in [0.2, 0.25) is 0 Å². The fourth-order valence-electron chi connectivity index (χ4n) is 3.54. The van der Waals surface area contributed by atoms with Gasteiger partial charge < -0.3 is 15.8 Å². The molecule has 0 bridgehead atoms. The molecule has 0 radical (unpaired) electrons. The van der Waals surface area contributed by atoms with Gasteiger partial charge in [0.2, 0.25) is 5.91 Å².